The predicted molar refractivity (Wildman–Crippen MR) is 117 cm³/mol. The molecule has 1 saturated heterocycles. The van der Waals surface area contributed by atoms with Gasteiger partial charge in [-0.15, -0.1) is 0 Å². The van der Waals surface area contributed by atoms with Crippen LogP contribution in [0.1, 0.15) is 42.6 Å². The number of methoxy groups -OCH3 is 2. The Bertz CT molecular complexity index is 977. The Balaban J connectivity index is 1.78. The van der Waals surface area contributed by atoms with Crippen molar-refractivity contribution in [3.05, 3.63) is 40.8 Å². The van der Waals surface area contributed by atoms with Crippen LogP contribution in [0, 0.1) is 18.8 Å². The lowest BCUT2D eigenvalue weighted by atomic mass is 9.73. The van der Waals surface area contributed by atoms with E-state index in [4.69, 9.17) is 9.47 Å². The summed E-state index contributed by atoms with van der Waals surface area (Å²) >= 11 is 0. The molecule has 4 rings (SSSR count). The summed E-state index contributed by atoms with van der Waals surface area (Å²) in [6, 6.07) is 4.49. The maximum absolute atomic E-state index is 12.5. The number of aromatic amines is 1. The smallest absolute Gasteiger partial charge is 0.187 e. The fourth-order valence-electron chi connectivity index (χ4n) is 5.54. The van der Waals surface area contributed by atoms with Gasteiger partial charge in [0.15, 0.2) is 5.78 Å². The minimum atomic E-state index is -0.482. The zero-order chi connectivity index (χ0) is 21.4. The molecule has 1 aromatic heterocycles. The van der Waals surface area contributed by atoms with Crippen LogP contribution in [0.3, 0.4) is 0 Å². The number of ether oxygens (including phenoxy) is 2. The summed E-state index contributed by atoms with van der Waals surface area (Å²) in [6.45, 7) is 5.72. The lowest BCUT2D eigenvalue weighted by Crippen LogP contribution is -2.47. The summed E-state index contributed by atoms with van der Waals surface area (Å²) in [6.07, 6.45) is 4.35. The fraction of sp³-hybridized carbons (Fsp3) is 0.542. The molecular weight excluding hydrogens is 380 g/mol. The number of carbonyl (C=O) groups excluding carboxylic acids is 1. The minimum Gasteiger partial charge on any atom is -0.504 e. The summed E-state index contributed by atoms with van der Waals surface area (Å²) in [5.41, 5.74) is 5.48. The van der Waals surface area contributed by atoms with Gasteiger partial charge in [-0.05, 0) is 54.9 Å². The van der Waals surface area contributed by atoms with Crippen LogP contribution in [0.5, 0.6) is 5.75 Å². The van der Waals surface area contributed by atoms with Crippen molar-refractivity contribution in [1.29, 1.82) is 0 Å². The van der Waals surface area contributed by atoms with Crippen molar-refractivity contribution in [2.75, 3.05) is 33.9 Å². The van der Waals surface area contributed by atoms with Crippen molar-refractivity contribution in [3.8, 4) is 5.75 Å². The second-order valence-electron chi connectivity index (χ2n) is 8.57. The summed E-state index contributed by atoms with van der Waals surface area (Å²) in [4.78, 5) is 18.7. The Morgan fingerprint density at radius 3 is 2.83 bits per heavy atom. The number of benzene rings is 1. The van der Waals surface area contributed by atoms with Gasteiger partial charge in [0.25, 0.3) is 0 Å². The van der Waals surface area contributed by atoms with E-state index in [1.54, 1.807) is 20.5 Å². The molecule has 0 unspecified atom stereocenters. The van der Waals surface area contributed by atoms with Crippen LogP contribution in [0.2, 0.25) is 0 Å². The fourth-order valence-corrected chi connectivity index (χ4v) is 5.54. The number of aryl methyl sites for hydroxylation is 1. The number of nitrogens with one attached hydrogen (secondary N) is 1. The van der Waals surface area contributed by atoms with Gasteiger partial charge in [0.05, 0.1) is 26.5 Å². The third-order valence-corrected chi connectivity index (χ3v) is 6.94. The molecule has 2 aliphatic heterocycles. The van der Waals surface area contributed by atoms with E-state index < -0.39 is 6.61 Å². The first-order chi connectivity index (χ1) is 14.5. The molecule has 2 aliphatic rings. The first kappa shape index (κ1) is 20.9. The average molecular weight is 413 g/mol. The molecule has 0 spiro atoms. The summed E-state index contributed by atoms with van der Waals surface area (Å²) in [5, 5.41) is 10.7. The number of fused-ring (bicyclic) bond motifs is 5. The molecule has 0 radical (unpaired) electrons. The lowest BCUT2D eigenvalue weighted by Gasteiger charge is -2.46. The topological polar surface area (TPSA) is 74.8 Å². The Kier molecular flexibility index (Phi) is 5.89. The number of hydrogen-bond acceptors (Lipinski definition) is 5. The van der Waals surface area contributed by atoms with Crippen molar-refractivity contribution in [2.45, 2.75) is 39.2 Å². The Hall–Kier alpha value is -2.31. The van der Waals surface area contributed by atoms with E-state index in [0.29, 0.717) is 11.5 Å². The zero-order valence-electron chi connectivity index (χ0n) is 18.3. The molecule has 2 N–H and O–H groups in total. The highest BCUT2D eigenvalue weighted by Gasteiger charge is 2.42. The second kappa shape index (κ2) is 8.44. The first-order valence-corrected chi connectivity index (χ1v) is 10.8. The predicted octanol–water partition coefficient (Wildman–Crippen LogP) is 3.52. The molecule has 0 amide bonds. The number of aliphatic hydroxyl groups excluding tert-OH is 1. The van der Waals surface area contributed by atoms with E-state index in [1.807, 2.05) is 0 Å². The van der Waals surface area contributed by atoms with E-state index in [2.05, 4.69) is 35.9 Å². The lowest BCUT2D eigenvalue weighted by molar-refractivity contribution is -0.119. The Morgan fingerprint density at radius 1 is 1.37 bits per heavy atom. The van der Waals surface area contributed by atoms with Crippen LogP contribution in [0.4, 0.5) is 0 Å². The number of hydrogen-bond donors (Lipinski definition) is 2. The second-order valence-corrected chi connectivity index (χ2v) is 8.57. The van der Waals surface area contributed by atoms with Crippen LogP contribution in [0.15, 0.2) is 24.0 Å². The normalized spacial score (nSPS) is 24.4. The van der Waals surface area contributed by atoms with Crippen LogP contribution < -0.4 is 4.74 Å². The standard InChI is InChI=1S/C24H32N2O4/c1-5-15-11-26-7-6-16-23-19(8-14(2)9-22(23)30-4)25-24(16)20(26)10-17(15)18(13-29-3)21(28)12-27/h8-9,13,15,17,20,25,27H,5-7,10-12H2,1-4H3/b18-13+/t15-,17+,20+/m1/s1. The summed E-state index contributed by atoms with van der Waals surface area (Å²) < 4.78 is 10.9. The molecule has 6 nitrogen and oxygen atoms in total. The average Bonchev–Trinajstić information content (AvgIpc) is 3.14. The number of carbonyl (C=O) groups is 1. The Morgan fingerprint density at radius 2 is 2.17 bits per heavy atom. The molecule has 1 aromatic carbocycles. The number of ketones is 1. The molecule has 0 bridgehead atoms. The highest BCUT2D eigenvalue weighted by atomic mass is 16.5. The number of rotatable bonds is 6. The maximum atomic E-state index is 12.5. The van der Waals surface area contributed by atoms with Crippen LogP contribution in [0.25, 0.3) is 10.9 Å². The summed E-state index contributed by atoms with van der Waals surface area (Å²) in [5.74, 6) is 1.11. The highest BCUT2D eigenvalue weighted by Crippen LogP contribution is 2.47. The van der Waals surface area contributed by atoms with Gasteiger partial charge in [-0.2, -0.15) is 0 Å². The van der Waals surface area contributed by atoms with E-state index >= 15 is 0 Å². The molecule has 0 saturated carbocycles. The SMILES string of the molecule is CC[C@@H]1CN2CCc3c([nH]c4cc(C)cc(OC)c34)[C@@H]2C[C@@H]1/C(=C\OC)C(=O)CO. The molecular formula is C24H32N2O4. The quantitative estimate of drug-likeness (QED) is 0.561. The number of Topliss-reactive ketones (excluding diaryl/α,β-unsaturated/α-hetero) is 1. The number of H-pyrrole nitrogens is 1. The molecule has 0 aliphatic carbocycles. The largest absolute Gasteiger partial charge is 0.504 e. The molecule has 3 atom stereocenters. The van der Waals surface area contributed by atoms with Gasteiger partial charge in [0, 0.05) is 35.3 Å². The van der Waals surface area contributed by atoms with Crippen molar-refractivity contribution in [1.82, 2.24) is 9.88 Å². The van der Waals surface area contributed by atoms with Gasteiger partial charge in [0.1, 0.15) is 12.4 Å². The first-order valence-electron chi connectivity index (χ1n) is 10.8. The third kappa shape index (κ3) is 3.42. The van der Waals surface area contributed by atoms with Gasteiger partial charge < -0.3 is 19.6 Å². The molecule has 1 fully saturated rings. The van der Waals surface area contributed by atoms with Crippen LogP contribution >= 0.6 is 0 Å². The Labute approximate surface area is 177 Å². The van der Waals surface area contributed by atoms with Gasteiger partial charge >= 0.3 is 0 Å². The minimum absolute atomic E-state index is 0.0665. The molecule has 162 valence electrons. The van der Waals surface area contributed by atoms with E-state index in [1.165, 1.54) is 22.2 Å². The van der Waals surface area contributed by atoms with Crippen LogP contribution in [-0.4, -0.2) is 54.7 Å². The summed E-state index contributed by atoms with van der Waals surface area (Å²) in [7, 11) is 3.29. The van der Waals surface area contributed by atoms with Gasteiger partial charge in [-0.25, -0.2) is 0 Å². The van der Waals surface area contributed by atoms with Gasteiger partial charge in [-0.1, -0.05) is 13.3 Å². The number of nitrogens with zero attached hydrogens (tertiary/aromatic N) is 1. The van der Waals surface area contributed by atoms with Gasteiger partial charge in [-0.3, -0.25) is 9.69 Å². The molecule has 2 aromatic rings. The molecule has 30 heavy (non-hydrogen) atoms. The zero-order valence-corrected chi connectivity index (χ0v) is 18.3. The van der Waals surface area contributed by atoms with E-state index in [-0.39, 0.29) is 17.7 Å². The van der Waals surface area contributed by atoms with Crippen molar-refractivity contribution >= 4 is 16.7 Å². The highest BCUT2D eigenvalue weighted by molar-refractivity contribution is 5.96. The van der Waals surface area contributed by atoms with Gasteiger partial charge in [0.2, 0.25) is 0 Å². The monoisotopic (exact) mass is 412 g/mol. The molecule has 3 heterocycles. The van der Waals surface area contributed by atoms with E-state index in [9.17, 15) is 9.90 Å². The van der Waals surface area contributed by atoms with Crippen molar-refractivity contribution < 1.29 is 19.4 Å². The maximum Gasteiger partial charge on any atom is 0.187 e. The number of aliphatic hydroxyl groups is 1. The van der Waals surface area contributed by atoms with Crippen molar-refractivity contribution in [3.63, 3.8) is 0 Å². The van der Waals surface area contributed by atoms with Crippen LogP contribution in [-0.2, 0) is 16.0 Å². The molecule has 6 heteroatoms. The van der Waals surface area contributed by atoms with E-state index in [0.717, 1.165) is 43.6 Å². The number of aromatic nitrogens is 1. The van der Waals surface area contributed by atoms with Crippen molar-refractivity contribution in [2.24, 2.45) is 11.8 Å². The number of piperidine rings is 1. The third-order valence-electron chi connectivity index (χ3n) is 6.94.